The number of imidazole rings is 1. The van der Waals surface area contributed by atoms with Crippen LogP contribution in [0.15, 0.2) is 48.8 Å². The fraction of sp³-hybridized carbons (Fsp3) is 0.273. The summed E-state index contributed by atoms with van der Waals surface area (Å²) in [5, 5.41) is 0. The van der Waals surface area contributed by atoms with Crippen molar-refractivity contribution >= 4 is 5.91 Å². The number of aromatic amines is 1. The number of hydrogen-bond acceptors (Lipinski definition) is 4. The monoisotopic (exact) mass is 377 g/mol. The maximum absolute atomic E-state index is 13.3. The lowest BCUT2D eigenvalue weighted by molar-refractivity contribution is 0.0677. The second-order valence-corrected chi connectivity index (χ2v) is 6.85. The number of hydrogen-bond donors (Lipinski definition) is 1. The van der Waals surface area contributed by atoms with E-state index >= 15 is 0 Å². The molecule has 28 heavy (non-hydrogen) atoms. The van der Waals surface area contributed by atoms with E-state index in [-0.39, 0.29) is 11.9 Å². The molecule has 0 saturated heterocycles. The molecule has 0 spiro atoms. The predicted octanol–water partition coefficient (Wildman–Crippen LogP) is 3.85. The minimum atomic E-state index is -0.0525. The molecule has 1 N–H and O–H groups in total. The van der Waals surface area contributed by atoms with Gasteiger partial charge in [0.15, 0.2) is 11.5 Å². The summed E-state index contributed by atoms with van der Waals surface area (Å²) in [6.07, 6.45) is 4.26. The molecule has 1 aromatic heterocycles. The van der Waals surface area contributed by atoms with Gasteiger partial charge in [-0.25, -0.2) is 4.98 Å². The molecule has 1 atom stereocenters. The third-order valence-corrected chi connectivity index (χ3v) is 5.33. The van der Waals surface area contributed by atoms with Gasteiger partial charge in [-0.3, -0.25) is 4.79 Å². The number of ether oxygens (including phenoxy) is 2. The largest absolute Gasteiger partial charge is 0.493 e. The molecule has 0 bridgehead atoms. The number of aromatic nitrogens is 2. The lowest BCUT2D eigenvalue weighted by atomic mass is 9.92. The Labute approximate surface area is 164 Å². The van der Waals surface area contributed by atoms with Gasteiger partial charge in [-0.1, -0.05) is 12.1 Å². The van der Waals surface area contributed by atoms with E-state index in [1.54, 1.807) is 26.6 Å². The van der Waals surface area contributed by atoms with Gasteiger partial charge in [-0.05, 0) is 48.7 Å². The van der Waals surface area contributed by atoms with Gasteiger partial charge in [0, 0.05) is 30.1 Å². The molecule has 1 aliphatic rings. The molecule has 144 valence electrons. The fourth-order valence-electron chi connectivity index (χ4n) is 3.81. The SMILES string of the molecule is COc1cc2c(cc1OC)C(C)N(C(=O)c1cccc(-c3ncc[nH]3)c1)CC2. The first-order chi connectivity index (χ1) is 13.6. The number of rotatable bonds is 4. The number of benzene rings is 2. The standard InChI is InChI=1S/C22H23N3O3/c1-14-18-13-20(28-3)19(27-2)12-15(18)7-10-25(14)22(26)17-6-4-5-16(11-17)21-23-8-9-24-21/h4-6,8-9,11-14H,7,10H2,1-3H3,(H,23,24). The maximum Gasteiger partial charge on any atom is 0.254 e. The second kappa shape index (κ2) is 7.38. The van der Waals surface area contributed by atoms with Crippen molar-refractivity contribution in [2.24, 2.45) is 0 Å². The predicted molar refractivity (Wildman–Crippen MR) is 107 cm³/mol. The molecule has 3 aromatic rings. The molecule has 0 saturated carbocycles. The summed E-state index contributed by atoms with van der Waals surface area (Å²) in [7, 11) is 3.26. The summed E-state index contributed by atoms with van der Waals surface area (Å²) < 4.78 is 10.9. The highest BCUT2D eigenvalue weighted by Crippen LogP contribution is 2.38. The Morgan fingerprint density at radius 3 is 2.68 bits per heavy atom. The summed E-state index contributed by atoms with van der Waals surface area (Å²) in [6, 6.07) is 11.5. The summed E-state index contributed by atoms with van der Waals surface area (Å²) in [6.45, 7) is 2.71. The Kier molecular flexibility index (Phi) is 4.77. The molecule has 2 heterocycles. The van der Waals surface area contributed by atoms with Gasteiger partial charge >= 0.3 is 0 Å². The topological polar surface area (TPSA) is 67.5 Å². The van der Waals surface area contributed by atoms with E-state index in [0.717, 1.165) is 29.1 Å². The van der Waals surface area contributed by atoms with Crippen molar-refractivity contribution in [3.63, 3.8) is 0 Å². The molecule has 0 fully saturated rings. The molecule has 2 aromatic carbocycles. The molecule has 1 unspecified atom stereocenters. The molecular formula is C22H23N3O3. The maximum atomic E-state index is 13.3. The Bertz CT molecular complexity index is 998. The van der Waals surface area contributed by atoms with E-state index in [9.17, 15) is 4.79 Å². The zero-order valence-electron chi connectivity index (χ0n) is 16.2. The van der Waals surface area contributed by atoms with Crippen LogP contribution < -0.4 is 9.47 Å². The van der Waals surface area contributed by atoms with Crippen molar-refractivity contribution < 1.29 is 14.3 Å². The van der Waals surface area contributed by atoms with Crippen LogP contribution in [0.5, 0.6) is 11.5 Å². The average Bonchev–Trinajstić information content (AvgIpc) is 3.28. The molecular weight excluding hydrogens is 354 g/mol. The number of methoxy groups -OCH3 is 2. The lowest BCUT2D eigenvalue weighted by Crippen LogP contribution is -2.38. The summed E-state index contributed by atoms with van der Waals surface area (Å²) in [4.78, 5) is 22.5. The van der Waals surface area contributed by atoms with Crippen LogP contribution in [0.1, 0.15) is 34.5 Å². The van der Waals surface area contributed by atoms with Crippen LogP contribution in [-0.4, -0.2) is 41.5 Å². The molecule has 0 radical (unpaired) electrons. The minimum Gasteiger partial charge on any atom is -0.493 e. The number of nitrogens with one attached hydrogen (secondary N) is 1. The van der Waals surface area contributed by atoms with Crippen molar-refractivity contribution in [3.8, 4) is 22.9 Å². The van der Waals surface area contributed by atoms with E-state index in [2.05, 4.69) is 16.9 Å². The molecule has 1 aliphatic heterocycles. The normalized spacial score (nSPS) is 15.8. The van der Waals surface area contributed by atoms with Gasteiger partial charge in [-0.2, -0.15) is 0 Å². The Hall–Kier alpha value is -3.28. The van der Waals surface area contributed by atoms with Gasteiger partial charge in [0.1, 0.15) is 5.82 Å². The van der Waals surface area contributed by atoms with Gasteiger partial charge in [0.25, 0.3) is 5.91 Å². The number of fused-ring (bicyclic) bond motifs is 1. The first-order valence-corrected chi connectivity index (χ1v) is 9.28. The summed E-state index contributed by atoms with van der Waals surface area (Å²) in [5.41, 5.74) is 3.84. The Morgan fingerprint density at radius 1 is 1.18 bits per heavy atom. The average molecular weight is 377 g/mol. The van der Waals surface area contributed by atoms with E-state index in [1.807, 2.05) is 41.3 Å². The van der Waals surface area contributed by atoms with Crippen LogP contribution in [-0.2, 0) is 6.42 Å². The van der Waals surface area contributed by atoms with Gasteiger partial charge in [0.2, 0.25) is 0 Å². The Morgan fingerprint density at radius 2 is 1.96 bits per heavy atom. The first-order valence-electron chi connectivity index (χ1n) is 9.28. The van der Waals surface area contributed by atoms with Gasteiger partial charge in [-0.15, -0.1) is 0 Å². The van der Waals surface area contributed by atoms with Crippen LogP contribution in [0.4, 0.5) is 0 Å². The zero-order chi connectivity index (χ0) is 19.7. The van der Waals surface area contributed by atoms with Crippen molar-refractivity contribution in [3.05, 3.63) is 65.5 Å². The zero-order valence-corrected chi connectivity index (χ0v) is 16.2. The first kappa shape index (κ1) is 18.1. The highest BCUT2D eigenvalue weighted by molar-refractivity contribution is 5.95. The van der Waals surface area contributed by atoms with E-state index in [0.29, 0.717) is 17.9 Å². The summed E-state index contributed by atoms with van der Waals surface area (Å²) >= 11 is 0. The number of carbonyl (C=O) groups excluding carboxylic acids is 1. The number of amides is 1. The van der Waals surface area contributed by atoms with E-state index in [4.69, 9.17) is 9.47 Å². The molecule has 4 rings (SSSR count). The van der Waals surface area contributed by atoms with Crippen molar-refractivity contribution in [1.82, 2.24) is 14.9 Å². The molecule has 6 nitrogen and oxygen atoms in total. The lowest BCUT2D eigenvalue weighted by Gasteiger charge is -2.36. The van der Waals surface area contributed by atoms with E-state index in [1.165, 1.54) is 5.56 Å². The third-order valence-electron chi connectivity index (χ3n) is 5.33. The molecule has 0 aliphatic carbocycles. The smallest absolute Gasteiger partial charge is 0.254 e. The minimum absolute atomic E-state index is 0.0151. The van der Waals surface area contributed by atoms with Gasteiger partial charge in [0.05, 0.1) is 20.3 Å². The van der Waals surface area contributed by atoms with Crippen LogP contribution >= 0.6 is 0 Å². The quantitative estimate of drug-likeness (QED) is 0.750. The van der Waals surface area contributed by atoms with E-state index < -0.39 is 0 Å². The van der Waals surface area contributed by atoms with Crippen LogP contribution in [0.3, 0.4) is 0 Å². The number of carbonyl (C=O) groups is 1. The van der Waals surface area contributed by atoms with Crippen molar-refractivity contribution in [1.29, 1.82) is 0 Å². The molecule has 6 heteroatoms. The van der Waals surface area contributed by atoms with Gasteiger partial charge < -0.3 is 19.4 Å². The van der Waals surface area contributed by atoms with Crippen molar-refractivity contribution in [2.75, 3.05) is 20.8 Å². The second-order valence-electron chi connectivity index (χ2n) is 6.85. The van der Waals surface area contributed by atoms with Crippen molar-refractivity contribution in [2.45, 2.75) is 19.4 Å². The highest BCUT2D eigenvalue weighted by atomic mass is 16.5. The Balaban J connectivity index is 1.64. The number of nitrogens with zero attached hydrogens (tertiary/aromatic N) is 2. The van der Waals surface area contributed by atoms with Crippen LogP contribution in [0.2, 0.25) is 0 Å². The third kappa shape index (κ3) is 3.11. The molecule has 1 amide bonds. The number of H-pyrrole nitrogens is 1. The summed E-state index contributed by atoms with van der Waals surface area (Å²) in [5.74, 6) is 2.17. The van der Waals surface area contributed by atoms with Crippen LogP contribution in [0, 0.1) is 0 Å². The fourth-order valence-corrected chi connectivity index (χ4v) is 3.81. The van der Waals surface area contributed by atoms with Crippen LogP contribution in [0.25, 0.3) is 11.4 Å². The highest BCUT2D eigenvalue weighted by Gasteiger charge is 2.30.